The van der Waals surface area contributed by atoms with E-state index in [9.17, 15) is 4.79 Å². The van der Waals surface area contributed by atoms with E-state index in [0.717, 1.165) is 39.0 Å². The molecule has 0 amide bonds. The highest BCUT2D eigenvalue weighted by atomic mass is 16.5. The maximum absolute atomic E-state index is 12.4. The lowest BCUT2D eigenvalue weighted by Crippen LogP contribution is -2.57. The zero-order valence-corrected chi connectivity index (χ0v) is 13.9. The predicted octanol–water partition coefficient (Wildman–Crippen LogP) is 1.56. The van der Waals surface area contributed by atoms with E-state index in [1.807, 2.05) is 13.8 Å². The third kappa shape index (κ3) is 4.41. The number of carbonyl (C=O) groups is 1. The fourth-order valence-electron chi connectivity index (χ4n) is 3.27. The summed E-state index contributed by atoms with van der Waals surface area (Å²) in [5, 5.41) is 3.50. The van der Waals surface area contributed by atoms with Crippen molar-refractivity contribution in [1.29, 1.82) is 0 Å². The van der Waals surface area contributed by atoms with Gasteiger partial charge in [0.2, 0.25) is 0 Å². The molecule has 0 radical (unpaired) electrons. The topological polar surface area (TPSA) is 50.8 Å². The molecule has 0 aromatic carbocycles. The minimum atomic E-state index is -0.589. The van der Waals surface area contributed by atoms with Crippen molar-refractivity contribution in [2.24, 2.45) is 0 Å². The maximum Gasteiger partial charge on any atom is 0.326 e. The maximum atomic E-state index is 12.4. The second-order valence-electron chi connectivity index (χ2n) is 6.69. The molecule has 2 fully saturated rings. The summed E-state index contributed by atoms with van der Waals surface area (Å²) >= 11 is 0. The highest BCUT2D eigenvalue weighted by molar-refractivity contribution is 5.80. The Labute approximate surface area is 128 Å². The lowest BCUT2D eigenvalue weighted by atomic mass is 9.91. The molecule has 1 aliphatic heterocycles. The molecule has 0 spiro atoms. The van der Waals surface area contributed by atoms with Crippen LogP contribution in [0, 0.1) is 0 Å². The van der Waals surface area contributed by atoms with Crippen molar-refractivity contribution >= 4 is 5.97 Å². The number of rotatable bonds is 7. The molecule has 0 aromatic rings. The van der Waals surface area contributed by atoms with Crippen molar-refractivity contribution in [2.45, 2.75) is 70.6 Å². The number of morpholine rings is 1. The molecule has 3 unspecified atom stereocenters. The Morgan fingerprint density at radius 3 is 2.81 bits per heavy atom. The average Bonchev–Trinajstić information content (AvgIpc) is 3.23. The Morgan fingerprint density at radius 1 is 1.52 bits per heavy atom. The van der Waals surface area contributed by atoms with E-state index < -0.39 is 5.54 Å². The average molecular weight is 298 g/mol. The van der Waals surface area contributed by atoms with E-state index in [4.69, 9.17) is 9.47 Å². The van der Waals surface area contributed by atoms with Crippen LogP contribution in [0.15, 0.2) is 0 Å². The summed E-state index contributed by atoms with van der Waals surface area (Å²) in [5.41, 5.74) is -0.589. The minimum Gasteiger partial charge on any atom is -0.465 e. The van der Waals surface area contributed by atoms with E-state index in [1.54, 1.807) is 0 Å². The Bertz CT molecular complexity index is 359. The molecule has 5 nitrogen and oxygen atoms in total. The molecule has 1 saturated heterocycles. The summed E-state index contributed by atoms with van der Waals surface area (Å²) in [6.45, 7) is 11.2. The van der Waals surface area contributed by atoms with Gasteiger partial charge in [0.1, 0.15) is 5.54 Å². The Balaban J connectivity index is 2.00. The largest absolute Gasteiger partial charge is 0.465 e. The van der Waals surface area contributed by atoms with Gasteiger partial charge in [0.15, 0.2) is 0 Å². The van der Waals surface area contributed by atoms with Crippen molar-refractivity contribution in [1.82, 2.24) is 10.2 Å². The van der Waals surface area contributed by atoms with Gasteiger partial charge >= 0.3 is 5.97 Å². The summed E-state index contributed by atoms with van der Waals surface area (Å²) in [4.78, 5) is 14.8. The van der Waals surface area contributed by atoms with Gasteiger partial charge < -0.3 is 9.47 Å². The van der Waals surface area contributed by atoms with E-state index in [-0.39, 0.29) is 5.97 Å². The van der Waals surface area contributed by atoms with Crippen LogP contribution in [0.4, 0.5) is 0 Å². The Morgan fingerprint density at radius 2 is 2.24 bits per heavy atom. The molecule has 122 valence electrons. The first kappa shape index (κ1) is 16.7. The summed E-state index contributed by atoms with van der Waals surface area (Å²) < 4.78 is 10.8. The Kier molecular flexibility index (Phi) is 5.63. The lowest BCUT2D eigenvalue weighted by Gasteiger charge is -2.41. The van der Waals surface area contributed by atoms with Crippen LogP contribution in [-0.2, 0) is 14.3 Å². The molecule has 0 bridgehead atoms. The number of nitrogens with zero attached hydrogens (tertiary/aromatic N) is 1. The third-order valence-corrected chi connectivity index (χ3v) is 4.51. The van der Waals surface area contributed by atoms with Crippen LogP contribution in [-0.4, -0.2) is 60.9 Å². The highest BCUT2D eigenvalue weighted by Gasteiger charge is 2.42. The van der Waals surface area contributed by atoms with Crippen LogP contribution in [0.1, 0.15) is 47.0 Å². The summed E-state index contributed by atoms with van der Waals surface area (Å²) in [6, 6.07) is 1.21. The first-order valence-electron chi connectivity index (χ1n) is 8.24. The van der Waals surface area contributed by atoms with Gasteiger partial charge in [0.25, 0.3) is 0 Å². The zero-order valence-electron chi connectivity index (χ0n) is 13.9. The van der Waals surface area contributed by atoms with Crippen LogP contribution in [0.5, 0.6) is 0 Å². The molecule has 1 aliphatic carbocycles. The van der Waals surface area contributed by atoms with E-state index >= 15 is 0 Å². The molecule has 1 heterocycles. The fourth-order valence-corrected chi connectivity index (χ4v) is 3.27. The summed E-state index contributed by atoms with van der Waals surface area (Å²) in [7, 11) is 0. The first-order chi connectivity index (χ1) is 9.96. The molecule has 1 saturated carbocycles. The van der Waals surface area contributed by atoms with Crippen molar-refractivity contribution < 1.29 is 14.3 Å². The van der Waals surface area contributed by atoms with Crippen LogP contribution < -0.4 is 5.32 Å². The predicted molar refractivity (Wildman–Crippen MR) is 82.3 cm³/mol. The van der Waals surface area contributed by atoms with Gasteiger partial charge in [-0.2, -0.15) is 0 Å². The van der Waals surface area contributed by atoms with Gasteiger partial charge in [0, 0.05) is 24.7 Å². The highest BCUT2D eigenvalue weighted by Crippen LogP contribution is 2.27. The van der Waals surface area contributed by atoms with Crippen LogP contribution in [0.3, 0.4) is 0 Å². The number of ether oxygens (including phenoxy) is 2. The molecule has 21 heavy (non-hydrogen) atoms. The quantitative estimate of drug-likeness (QED) is 0.723. The molecular formula is C16H30N2O3. The molecule has 1 N–H and O–H groups in total. The van der Waals surface area contributed by atoms with Crippen molar-refractivity contribution in [2.75, 3.05) is 26.4 Å². The zero-order chi connectivity index (χ0) is 15.5. The normalized spacial score (nSPS) is 27.9. The van der Waals surface area contributed by atoms with Crippen molar-refractivity contribution in [3.8, 4) is 0 Å². The minimum absolute atomic E-state index is 0.121. The smallest absolute Gasteiger partial charge is 0.326 e. The van der Waals surface area contributed by atoms with E-state index in [0.29, 0.717) is 24.7 Å². The number of hydrogen-bond acceptors (Lipinski definition) is 5. The van der Waals surface area contributed by atoms with Gasteiger partial charge in [-0.25, -0.2) is 0 Å². The van der Waals surface area contributed by atoms with Crippen LogP contribution in [0.2, 0.25) is 0 Å². The summed E-state index contributed by atoms with van der Waals surface area (Å²) in [5.74, 6) is -0.121. The molecule has 0 aromatic heterocycles. The second-order valence-corrected chi connectivity index (χ2v) is 6.69. The van der Waals surface area contributed by atoms with Crippen LogP contribution >= 0.6 is 0 Å². The van der Waals surface area contributed by atoms with Gasteiger partial charge in [-0.1, -0.05) is 0 Å². The SMILES string of the molecule is CCOC(=O)C(C)(CC(C)N1CCOCC1C)NC1CC1. The summed E-state index contributed by atoms with van der Waals surface area (Å²) in [6.07, 6.45) is 3.10. The molecule has 2 aliphatic rings. The van der Waals surface area contributed by atoms with Crippen molar-refractivity contribution in [3.05, 3.63) is 0 Å². The monoisotopic (exact) mass is 298 g/mol. The molecular weight excluding hydrogens is 268 g/mol. The standard InChI is InChI=1S/C16H30N2O3/c1-5-21-15(19)16(4,17-14-6-7-14)10-12(2)18-8-9-20-11-13(18)3/h12-14,17H,5-11H2,1-4H3. The Hall–Kier alpha value is -0.650. The number of hydrogen-bond donors (Lipinski definition) is 1. The molecule has 3 atom stereocenters. The van der Waals surface area contributed by atoms with Crippen LogP contribution in [0.25, 0.3) is 0 Å². The molecule has 2 rings (SSSR count). The van der Waals surface area contributed by atoms with E-state index in [2.05, 4.69) is 24.1 Å². The van der Waals surface area contributed by atoms with E-state index in [1.165, 1.54) is 0 Å². The van der Waals surface area contributed by atoms with Gasteiger partial charge in [-0.15, -0.1) is 0 Å². The van der Waals surface area contributed by atoms with Gasteiger partial charge in [-0.05, 0) is 47.0 Å². The molecule has 5 heteroatoms. The fraction of sp³-hybridized carbons (Fsp3) is 0.938. The number of nitrogens with one attached hydrogen (secondary N) is 1. The first-order valence-corrected chi connectivity index (χ1v) is 8.24. The number of carbonyl (C=O) groups excluding carboxylic acids is 1. The third-order valence-electron chi connectivity index (χ3n) is 4.51. The number of esters is 1. The lowest BCUT2D eigenvalue weighted by molar-refractivity contribution is -0.152. The van der Waals surface area contributed by atoms with Crippen molar-refractivity contribution in [3.63, 3.8) is 0 Å². The second kappa shape index (κ2) is 7.07. The van der Waals surface area contributed by atoms with Gasteiger partial charge in [0.05, 0.1) is 19.8 Å². The van der Waals surface area contributed by atoms with Gasteiger partial charge in [-0.3, -0.25) is 15.0 Å².